The third kappa shape index (κ3) is 3.48. The molecule has 19 heavy (non-hydrogen) atoms. The predicted molar refractivity (Wildman–Crippen MR) is 75.6 cm³/mol. The quantitative estimate of drug-likeness (QED) is 0.476. The van der Waals surface area contributed by atoms with Crippen molar-refractivity contribution in [3.8, 4) is 0 Å². The molecule has 2 aromatic rings. The molecule has 2 aromatic carbocycles. The minimum absolute atomic E-state index is 0.103. The van der Waals surface area contributed by atoms with E-state index in [0.717, 1.165) is 11.1 Å². The fourth-order valence-electron chi connectivity index (χ4n) is 1.70. The predicted octanol–water partition coefficient (Wildman–Crippen LogP) is 3.52. The molecule has 4 nitrogen and oxygen atoms in total. The second-order valence-corrected chi connectivity index (χ2v) is 4.25. The molecule has 0 aliphatic carbocycles. The van der Waals surface area contributed by atoms with E-state index in [-0.39, 0.29) is 5.69 Å². The third-order valence-corrected chi connectivity index (χ3v) is 2.84. The molecule has 0 amide bonds. The Morgan fingerprint density at radius 3 is 2.47 bits per heavy atom. The molecule has 0 heterocycles. The van der Waals surface area contributed by atoms with Crippen molar-refractivity contribution in [1.82, 2.24) is 0 Å². The highest BCUT2D eigenvalue weighted by atomic mass is 16.6. The Bertz CT molecular complexity index is 604. The molecule has 0 bridgehead atoms. The number of aliphatic imine (C=N–C) groups is 1. The van der Waals surface area contributed by atoms with Crippen molar-refractivity contribution in [1.29, 1.82) is 0 Å². The highest BCUT2D eigenvalue weighted by molar-refractivity contribution is 5.81. The van der Waals surface area contributed by atoms with Crippen LogP contribution in [0.2, 0.25) is 0 Å². The first kappa shape index (κ1) is 13.0. The van der Waals surface area contributed by atoms with Crippen molar-refractivity contribution in [3.05, 3.63) is 75.3 Å². The highest BCUT2D eigenvalue weighted by Gasteiger charge is 2.02. The van der Waals surface area contributed by atoms with Gasteiger partial charge in [0, 0.05) is 18.3 Å². The lowest BCUT2D eigenvalue weighted by molar-refractivity contribution is -0.384. The van der Waals surface area contributed by atoms with Crippen molar-refractivity contribution < 1.29 is 4.92 Å². The standard InChI is InChI=1S/C15H14N2O2/c1-12-4-2-3-5-14(12)11-16-10-13-6-8-15(9-7-13)17(18)19/h2-9,11H,10H2,1H3/b16-11+. The van der Waals surface area contributed by atoms with E-state index in [9.17, 15) is 10.1 Å². The molecular weight excluding hydrogens is 240 g/mol. The average Bonchev–Trinajstić information content (AvgIpc) is 2.41. The number of nitrogens with zero attached hydrogens (tertiary/aromatic N) is 2. The molecule has 2 rings (SSSR count). The summed E-state index contributed by atoms with van der Waals surface area (Å²) in [4.78, 5) is 14.5. The minimum Gasteiger partial charge on any atom is -0.288 e. The maximum Gasteiger partial charge on any atom is 0.269 e. The molecule has 0 N–H and O–H groups in total. The van der Waals surface area contributed by atoms with Crippen LogP contribution in [0.1, 0.15) is 16.7 Å². The summed E-state index contributed by atoms with van der Waals surface area (Å²) in [7, 11) is 0. The third-order valence-electron chi connectivity index (χ3n) is 2.84. The molecule has 0 unspecified atom stereocenters. The maximum absolute atomic E-state index is 10.5. The van der Waals surface area contributed by atoms with E-state index in [0.29, 0.717) is 6.54 Å². The van der Waals surface area contributed by atoms with Crippen molar-refractivity contribution in [2.75, 3.05) is 0 Å². The van der Waals surface area contributed by atoms with Gasteiger partial charge in [0.2, 0.25) is 0 Å². The zero-order valence-corrected chi connectivity index (χ0v) is 10.6. The lowest BCUT2D eigenvalue weighted by atomic mass is 10.1. The van der Waals surface area contributed by atoms with Gasteiger partial charge in [-0.3, -0.25) is 15.1 Å². The summed E-state index contributed by atoms with van der Waals surface area (Å²) < 4.78 is 0. The second-order valence-electron chi connectivity index (χ2n) is 4.25. The average molecular weight is 254 g/mol. The zero-order chi connectivity index (χ0) is 13.7. The summed E-state index contributed by atoms with van der Waals surface area (Å²) in [6.07, 6.45) is 1.83. The lowest BCUT2D eigenvalue weighted by Gasteiger charge is -1.99. The highest BCUT2D eigenvalue weighted by Crippen LogP contribution is 2.12. The summed E-state index contributed by atoms with van der Waals surface area (Å²) in [5.74, 6) is 0. The van der Waals surface area contributed by atoms with Crippen LogP contribution in [0.4, 0.5) is 5.69 Å². The topological polar surface area (TPSA) is 55.5 Å². The molecule has 0 saturated carbocycles. The minimum atomic E-state index is -0.402. The van der Waals surface area contributed by atoms with E-state index < -0.39 is 4.92 Å². The number of benzene rings is 2. The first-order chi connectivity index (χ1) is 9.16. The van der Waals surface area contributed by atoms with Crippen molar-refractivity contribution >= 4 is 11.9 Å². The Hall–Kier alpha value is -2.49. The van der Waals surface area contributed by atoms with E-state index in [1.165, 1.54) is 17.7 Å². The largest absolute Gasteiger partial charge is 0.288 e. The van der Waals surface area contributed by atoms with Gasteiger partial charge in [-0.25, -0.2) is 0 Å². The van der Waals surface area contributed by atoms with Gasteiger partial charge in [-0.15, -0.1) is 0 Å². The summed E-state index contributed by atoms with van der Waals surface area (Å²) in [5.41, 5.74) is 3.32. The van der Waals surface area contributed by atoms with Gasteiger partial charge in [0.05, 0.1) is 11.5 Å². The molecule has 4 heteroatoms. The first-order valence-electron chi connectivity index (χ1n) is 5.95. The lowest BCUT2D eigenvalue weighted by Crippen LogP contribution is -1.90. The van der Waals surface area contributed by atoms with Crippen LogP contribution in [0.3, 0.4) is 0 Å². The zero-order valence-electron chi connectivity index (χ0n) is 10.6. The van der Waals surface area contributed by atoms with Crippen molar-refractivity contribution in [3.63, 3.8) is 0 Å². The van der Waals surface area contributed by atoms with Crippen LogP contribution < -0.4 is 0 Å². The number of hydrogen-bond acceptors (Lipinski definition) is 3. The number of rotatable bonds is 4. The summed E-state index contributed by atoms with van der Waals surface area (Å²) in [6.45, 7) is 2.56. The van der Waals surface area contributed by atoms with Crippen LogP contribution in [0, 0.1) is 17.0 Å². The monoisotopic (exact) mass is 254 g/mol. The van der Waals surface area contributed by atoms with E-state index in [2.05, 4.69) is 4.99 Å². The smallest absolute Gasteiger partial charge is 0.269 e. The molecule has 0 atom stereocenters. The fourth-order valence-corrected chi connectivity index (χ4v) is 1.70. The first-order valence-corrected chi connectivity index (χ1v) is 5.95. The van der Waals surface area contributed by atoms with Gasteiger partial charge in [0.15, 0.2) is 0 Å². The van der Waals surface area contributed by atoms with E-state index in [1.807, 2.05) is 37.4 Å². The second kappa shape index (κ2) is 5.91. The number of hydrogen-bond donors (Lipinski definition) is 0. The molecule has 0 spiro atoms. The molecule has 0 aliphatic rings. The molecule has 0 fully saturated rings. The molecule has 0 aliphatic heterocycles. The Morgan fingerprint density at radius 1 is 1.16 bits per heavy atom. The van der Waals surface area contributed by atoms with Gasteiger partial charge >= 0.3 is 0 Å². The molecule has 0 saturated heterocycles. The van der Waals surface area contributed by atoms with E-state index >= 15 is 0 Å². The Kier molecular flexibility index (Phi) is 4.03. The number of nitro benzene ring substituents is 1. The van der Waals surface area contributed by atoms with Crippen LogP contribution >= 0.6 is 0 Å². The Morgan fingerprint density at radius 2 is 1.84 bits per heavy atom. The van der Waals surface area contributed by atoms with Gasteiger partial charge < -0.3 is 0 Å². The van der Waals surface area contributed by atoms with Gasteiger partial charge in [-0.2, -0.15) is 0 Å². The van der Waals surface area contributed by atoms with Gasteiger partial charge in [-0.05, 0) is 23.6 Å². The van der Waals surface area contributed by atoms with E-state index in [4.69, 9.17) is 0 Å². The maximum atomic E-state index is 10.5. The Balaban J connectivity index is 2.03. The molecular formula is C15H14N2O2. The number of non-ortho nitro benzene ring substituents is 1. The van der Waals surface area contributed by atoms with E-state index in [1.54, 1.807) is 12.1 Å². The van der Waals surface area contributed by atoms with Crippen molar-refractivity contribution in [2.24, 2.45) is 4.99 Å². The van der Waals surface area contributed by atoms with Crippen LogP contribution in [0.15, 0.2) is 53.5 Å². The number of nitro groups is 1. The van der Waals surface area contributed by atoms with Gasteiger partial charge in [0.25, 0.3) is 5.69 Å². The van der Waals surface area contributed by atoms with Crippen LogP contribution in [0.5, 0.6) is 0 Å². The molecule has 0 radical (unpaired) electrons. The van der Waals surface area contributed by atoms with Gasteiger partial charge in [-0.1, -0.05) is 36.4 Å². The van der Waals surface area contributed by atoms with Crippen LogP contribution in [-0.2, 0) is 6.54 Å². The fraction of sp³-hybridized carbons (Fsp3) is 0.133. The summed E-state index contributed by atoms with van der Waals surface area (Å²) in [5, 5.41) is 10.5. The molecule has 0 aromatic heterocycles. The SMILES string of the molecule is Cc1ccccc1/C=N/Cc1ccc([N+](=O)[O-])cc1. The molecule has 96 valence electrons. The normalized spacial score (nSPS) is 10.8. The van der Waals surface area contributed by atoms with Crippen molar-refractivity contribution in [2.45, 2.75) is 13.5 Å². The number of aryl methyl sites for hydroxylation is 1. The van der Waals surface area contributed by atoms with Crippen LogP contribution in [-0.4, -0.2) is 11.1 Å². The van der Waals surface area contributed by atoms with Gasteiger partial charge in [0.1, 0.15) is 0 Å². The van der Waals surface area contributed by atoms with Crippen LogP contribution in [0.25, 0.3) is 0 Å². The summed E-state index contributed by atoms with van der Waals surface area (Å²) in [6, 6.07) is 14.5. The Labute approximate surface area is 111 Å². The summed E-state index contributed by atoms with van der Waals surface area (Å²) >= 11 is 0.